The Hall–Kier alpha value is -2.94. The highest BCUT2D eigenvalue weighted by Gasteiger charge is 2.26. The van der Waals surface area contributed by atoms with Crippen molar-refractivity contribution < 1.29 is 0 Å². The molecule has 3 heterocycles. The summed E-state index contributed by atoms with van der Waals surface area (Å²) in [4.78, 5) is 6.96. The molecule has 0 radical (unpaired) electrons. The number of hydrogen-bond donors (Lipinski definition) is 2. The van der Waals surface area contributed by atoms with Gasteiger partial charge in [0.2, 0.25) is 0 Å². The van der Waals surface area contributed by atoms with E-state index in [2.05, 4.69) is 69.9 Å². The predicted molar refractivity (Wildman–Crippen MR) is 134 cm³/mol. The zero-order chi connectivity index (χ0) is 22.6. The monoisotopic (exact) mass is 439 g/mol. The van der Waals surface area contributed by atoms with E-state index in [0.29, 0.717) is 23.4 Å². The van der Waals surface area contributed by atoms with Crippen LogP contribution in [-0.2, 0) is 6.54 Å². The van der Waals surface area contributed by atoms with Gasteiger partial charge in [0.25, 0.3) is 0 Å². The van der Waals surface area contributed by atoms with Crippen LogP contribution in [-0.4, -0.2) is 37.2 Å². The average molecular weight is 440 g/mol. The Kier molecular flexibility index (Phi) is 6.57. The normalized spacial score (nSPS) is 21.8. The summed E-state index contributed by atoms with van der Waals surface area (Å²) in [5.74, 6) is 1.30. The highest BCUT2D eigenvalue weighted by molar-refractivity contribution is 5.95. The number of benzene rings is 2. The zero-order valence-electron chi connectivity index (χ0n) is 19.4. The fraction of sp³-hybridized carbons (Fsp3) is 0.429. The van der Waals surface area contributed by atoms with Crippen molar-refractivity contribution in [2.24, 2.45) is 5.92 Å². The smallest absolute Gasteiger partial charge is 0.101 e. The molecule has 2 aliphatic rings. The minimum atomic E-state index is 0.431. The number of nitriles is 1. The highest BCUT2D eigenvalue weighted by Crippen LogP contribution is 2.31. The maximum absolute atomic E-state index is 9.47. The van der Waals surface area contributed by atoms with E-state index in [4.69, 9.17) is 0 Å². The summed E-state index contributed by atoms with van der Waals surface area (Å²) >= 11 is 0. The quantitative estimate of drug-likeness (QED) is 0.609. The molecule has 2 aromatic carbocycles. The first-order valence-corrected chi connectivity index (χ1v) is 12.3. The standard InChI is InChI=1S/C28H33N5/c1-20-15-25(32-17-21-4-6-22(7-5-21)23-10-13-30-14-11-23)19-33(18-20)27-9-8-24(16-29)28-26(27)3-2-12-31-28/h2-9,12,20,23,25,30,32H,10-11,13-15,17-19H2,1H3. The molecule has 2 fully saturated rings. The average Bonchev–Trinajstić information content (AvgIpc) is 2.87. The molecule has 170 valence electrons. The second kappa shape index (κ2) is 9.91. The lowest BCUT2D eigenvalue weighted by Crippen LogP contribution is -2.48. The maximum atomic E-state index is 9.47. The van der Waals surface area contributed by atoms with E-state index >= 15 is 0 Å². The van der Waals surface area contributed by atoms with Gasteiger partial charge in [-0.3, -0.25) is 4.98 Å². The van der Waals surface area contributed by atoms with Crippen molar-refractivity contribution in [3.8, 4) is 6.07 Å². The Morgan fingerprint density at radius 2 is 1.91 bits per heavy atom. The van der Waals surface area contributed by atoms with Crippen LogP contribution < -0.4 is 15.5 Å². The van der Waals surface area contributed by atoms with Gasteiger partial charge < -0.3 is 15.5 Å². The van der Waals surface area contributed by atoms with Gasteiger partial charge in [-0.2, -0.15) is 5.26 Å². The van der Waals surface area contributed by atoms with Gasteiger partial charge in [-0.25, -0.2) is 0 Å². The van der Waals surface area contributed by atoms with Crippen LogP contribution in [0.2, 0.25) is 0 Å². The molecular formula is C28H33N5. The van der Waals surface area contributed by atoms with Crippen LogP contribution in [0.15, 0.2) is 54.7 Å². The molecule has 2 atom stereocenters. The summed E-state index contributed by atoms with van der Waals surface area (Å²) in [7, 11) is 0. The van der Waals surface area contributed by atoms with Gasteiger partial charge in [-0.1, -0.05) is 31.2 Å². The molecule has 2 aliphatic heterocycles. The molecule has 3 aromatic rings. The molecular weight excluding hydrogens is 406 g/mol. The summed E-state index contributed by atoms with van der Waals surface area (Å²) in [5, 5.41) is 17.8. The van der Waals surface area contributed by atoms with Crippen molar-refractivity contribution in [1.82, 2.24) is 15.6 Å². The molecule has 0 spiro atoms. The first-order chi connectivity index (χ1) is 16.2. The lowest BCUT2D eigenvalue weighted by molar-refractivity contribution is 0.350. The molecule has 2 N–H and O–H groups in total. The van der Waals surface area contributed by atoms with Gasteiger partial charge >= 0.3 is 0 Å². The van der Waals surface area contributed by atoms with Crippen LogP contribution in [0.1, 0.15) is 48.8 Å². The van der Waals surface area contributed by atoms with E-state index in [1.165, 1.54) is 36.1 Å². The Bertz CT molecular complexity index is 1130. The van der Waals surface area contributed by atoms with Gasteiger partial charge in [-0.15, -0.1) is 0 Å². The molecule has 33 heavy (non-hydrogen) atoms. The zero-order valence-corrected chi connectivity index (χ0v) is 19.4. The molecule has 5 rings (SSSR count). The summed E-state index contributed by atoms with van der Waals surface area (Å²) in [5.41, 5.74) is 5.46. The maximum Gasteiger partial charge on any atom is 0.101 e. The molecule has 0 saturated carbocycles. The van der Waals surface area contributed by atoms with Crippen molar-refractivity contribution in [1.29, 1.82) is 5.26 Å². The molecule has 0 aliphatic carbocycles. The van der Waals surface area contributed by atoms with Crippen LogP contribution in [0.3, 0.4) is 0 Å². The number of aromatic nitrogens is 1. The molecule has 5 nitrogen and oxygen atoms in total. The first kappa shape index (κ1) is 21.9. The third-order valence-corrected chi connectivity index (χ3v) is 7.25. The number of pyridine rings is 1. The molecule has 2 saturated heterocycles. The number of nitrogens with zero attached hydrogens (tertiary/aromatic N) is 3. The Morgan fingerprint density at radius 1 is 1.09 bits per heavy atom. The second-order valence-corrected chi connectivity index (χ2v) is 9.73. The van der Waals surface area contributed by atoms with Crippen molar-refractivity contribution in [3.63, 3.8) is 0 Å². The van der Waals surface area contributed by atoms with E-state index in [9.17, 15) is 5.26 Å². The highest BCUT2D eigenvalue weighted by atomic mass is 15.2. The number of nitrogens with one attached hydrogen (secondary N) is 2. The Balaban J connectivity index is 1.26. The lowest BCUT2D eigenvalue weighted by atomic mass is 9.90. The fourth-order valence-electron chi connectivity index (χ4n) is 5.54. The second-order valence-electron chi connectivity index (χ2n) is 9.73. The number of fused-ring (bicyclic) bond motifs is 1. The minimum absolute atomic E-state index is 0.431. The van der Waals surface area contributed by atoms with Gasteiger partial charge in [0.1, 0.15) is 6.07 Å². The van der Waals surface area contributed by atoms with Crippen molar-refractivity contribution in [2.45, 2.75) is 44.7 Å². The topological polar surface area (TPSA) is 64.0 Å². The predicted octanol–water partition coefficient (Wildman–Crippen LogP) is 4.58. The van der Waals surface area contributed by atoms with Crippen LogP contribution >= 0.6 is 0 Å². The van der Waals surface area contributed by atoms with E-state index < -0.39 is 0 Å². The lowest BCUT2D eigenvalue weighted by Gasteiger charge is -2.39. The van der Waals surface area contributed by atoms with Crippen LogP contribution in [0.4, 0.5) is 5.69 Å². The van der Waals surface area contributed by atoms with Gasteiger partial charge in [0.15, 0.2) is 0 Å². The Labute approximate surface area is 196 Å². The van der Waals surface area contributed by atoms with Gasteiger partial charge in [-0.05, 0) is 79.6 Å². The van der Waals surface area contributed by atoms with E-state index in [1.807, 2.05) is 12.1 Å². The van der Waals surface area contributed by atoms with E-state index in [-0.39, 0.29) is 0 Å². The minimum Gasteiger partial charge on any atom is -0.369 e. The molecule has 5 heteroatoms. The van der Waals surface area contributed by atoms with Crippen LogP contribution in [0, 0.1) is 17.2 Å². The fourth-order valence-corrected chi connectivity index (χ4v) is 5.54. The number of rotatable bonds is 5. The van der Waals surface area contributed by atoms with Crippen LogP contribution in [0.25, 0.3) is 10.9 Å². The Morgan fingerprint density at radius 3 is 2.70 bits per heavy atom. The SMILES string of the molecule is CC1CC(NCc2ccc(C3CCNCC3)cc2)CN(c2ccc(C#N)c3ncccc23)C1. The third kappa shape index (κ3) is 4.88. The number of piperidine rings is 2. The molecule has 1 aromatic heterocycles. The molecule has 0 amide bonds. The number of hydrogen-bond acceptors (Lipinski definition) is 5. The number of anilines is 1. The molecule has 2 unspecified atom stereocenters. The van der Waals surface area contributed by atoms with Crippen molar-refractivity contribution >= 4 is 16.6 Å². The summed E-state index contributed by atoms with van der Waals surface area (Å²) in [6.45, 7) is 7.49. The summed E-state index contributed by atoms with van der Waals surface area (Å²) in [6.07, 6.45) is 5.43. The summed E-state index contributed by atoms with van der Waals surface area (Å²) < 4.78 is 0. The third-order valence-electron chi connectivity index (χ3n) is 7.25. The van der Waals surface area contributed by atoms with Gasteiger partial charge in [0.05, 0.1) is 11.1 Å². The first-order valence-electron chi connectivity index (χ1n) is 12.3. The van der Waals surface area contributed by atoms with Crippen molar-refractivity contribution in [2.75, 3.05) is 31.1 Å². The van der Waals surface area contributed by atoms with Crippen LogP contribution in [0.5, 0.6) is 0 Å². The largest absolute Gasteiger partial charge is 0.369 e. The van der Waals surface area contributed by atoms with E-state index in [1.54, 1.807) is 6.20 Å². The van der Waals surface area contributed by atoms with Gasteiger partial charge in [0, 0.05) is 42.9 Å². The summed E-state index contributed by atoms with van der Waals surface area (Å²) in [6, 6.07) is 20.0. The van der Waals surface area contributed by atoms with E-state index in [0.717, 1.165) is 43.6 Å². The molecule has 0 bridgehead atoms. The van der Waals surface area contributed by atoms with Crippen molar-refractivity contribution in [3.05, 3.63) is 71.4 Å².